The lowest BCUT2D eigenvalue weighted by atomic mass is 10.2. The molecule has 3 heterocycles. The van der Waals surface area contributed by atoms with Crippen LogP contribution in [0.4, 0.5) is 4.39 Å². The summed E-state index contributed by atoms with van der Waals surface area (Å²) in [4.78, 5) is 15.9. The van der Waals surface area contributed by atoms with E-state index in [1.165, 1.54) is 6.07 Å². The molecule has 23 heavy (non-hydrogen) atoms. The Balaban J connectivity index is 1.72. The van der Waals surface area contributed by atoms with E-state index in [4.69, 9.17) is 0 Å². The van der Waals surface area contributed by atoms with Crippen molar-refractivity contribution in [2.45, 2.75) is 6.54 Å². The molecule has 7 heteroatoms. The second kappa shape index (κ2) is 5.58. The normalized spacial score (nSPS) is 11.2. The zero-order valence-electron chi connectivity index (χ0n) is 11.9. The third-order valence-corrected chi connectivity index (χ3v) is 4.12. The van der Waals surface area contributed by atoms with Crippen molar-refractivity contribution in [3.8, 4) is 11.4 Å². The minimum Gasteiger partial charge on any atom is -0.338 e. The SMILES string of the molecule is Fc1cc2[nH]c(-c3cncc(Cn4ccnc4)c3)nc2cc1Br. The second-order valence-corrected chi connectivity index (χ2v) is 6.04. The number of aromatic amines is 1. The third kappa shape index (κ3) is 2.75. The number of benzene rings is 1. The highest BCUT2D eigenvalue weighted by molar-refractivity contribution is 9.10. The molecule has 114 valence electrons. The van der Waals surface area contributed by atoms with Gasteiger partial charge in [-0.2, -0.15) is 0 Å². The quantitative estimate of drug-likeness (QED) is 0.596. The Morgan fingerprint density at radius 3 is 2.91 bits per heavy atom. The van der Waals surface area contributed by atoms with Gasteiger partial charge >= 0.3 is 0 Å². The van der Waals surface area contributed by atoms with Gasteiger partial charge in [0.25, 0.3) is 0 Å². The predicted molar refractivity (Wildman–Crippen MR) is 88.3 cm³/mol. The maximum Gasteiger partial charge on any atom is 0.140 e. The summed E-state index contributed by atoms with van der Waals surface area (Å²) in [6.07, 6.45) is 8.94. The van der Waals surface area contributed by atoms with Gasteiger partial charge in [0, 0.05) is 36.4 Å². The van der Waals surface area contributed by atoms with E-state index < -0.39 is 0 Å². The molecular formula is C16H11BrFN5. The van der Waals surface area contributed by atoms with E-state index in [-0.39, 0.29) is 5.82 Å². The highest BCUT2D eigenvalue weighted by Crippen LogP contribution is 2.25. The summed E-state index contributed by atoms with van der Waals surface area (Å²) in [6, 6.07) is 5.10. The van der Waals surface area contributed by atoms with E-state index >= 15 is 0 Å². The molecule has 0 atom stereocenters. The van der Waals surface area contributed by atoms with Gasteiger partial charge in [0.05, 0.1) is 28.4 Å². The van der Waals surface area contributed by atoms with E-state index in [2.05, 4.69) is 35.9 Å². The number of aromatic nitrogens is 5. The van der Waals surface area contributed by atoms with E-state index in [1.807, 2.05) is 23.0 Å². The average molecular weight is 372 g/mol. The van der Waals surface area contributed by atoms with Crippen molar-refractivity contribution in [3.05, 3.63) is 65.2 Å². The van der Waals surface area contributed by atoms with Gasteiger partial charge in [-0.15, -0.1) is 0 Å². The zero-order valence-corrected chi connectivity index (χ0v) is 13.5. The van der Waals surface area contributed by atoms with Gasteiger partial charge in [-0.25, -0.2) is 14.4 Å². The molecule has 0 aliphatic rings. The van der Waals surface area contributed by atoms with Crippen molar-refractivity contribution in [1.29, 1.82) is 0 Å². The fourth-order valence-corrected chi connectivity index (χ4v) is 2.77. The monoisotopic (exact) mass is 371 g/mol. The lowest BCUT2D eigenvalue weighted by molar-refractivity contribution is 0.623. The van der Waals surface area contributed by atoms with Crippen molar-refractivity contribution in [1.82, 2.24) is 24.5 Å². The lowest BCUT2D eigenvalue weighted by Crippen LogP contribution is -1.97. The fourth-order valence-electron chi connectivity index (χ4n) is 2.44. The van der Waals surface area contributed by atoms with E-state index in [0.29, 0.717) is 27.9 Å². The Hall–Kier alpha value is -2.54. The number of imidazole rings is 2. The number of hydrogen-bond acceptors (Lipinski definition) is 3. The molecule has 0 spiro atoms. The third-order valence-electron chi connectivity index (χ3n) is 3.52. The van der Waals surface area contributed by atoms with Gasteiger partial charge in [0.15, 0.2) is 0 Å². The van der Waals surface area contributed by atoms with Crippen molar-refractivity contribution < 1.29 is 4.39 Å². The molecule has 3 aromatic heterocycles. The number of pyridine rings is 1. The molecule has 0 bridgehead atoms. The highest BCUT2D eigenvalue weighted by atomic mass is 79.9. The Labute approximate surface area is 139 Å². The molecule has 4 rings (SSSR count). The van der Waals surface area contributed by atoms with E-state index in [9.17, 15) is 4.39 Å². The number of fused-ring (bicyclic) bond motifs is 1. The van der Waals surface area contributed by atoms with Crippen LogP contribution in [-0.4, -0.2) is 24.5 Å². The first-order chi connectivity index (χ1) is 11.2. The van der Waals surface area contributed by atoms with Gasteiger partial charge in [-0.05, 0) is 33.6 Å². The van der Waals surface area contributed by atoms with Gasteiger partial charge in [-0.1, -0.05) is 0 Å². The first-order valence-corrected chi connectivity index (χ1v) is 7.73. The molecule has 0 radical (unpaired) electrons. The van der Waals surface area contributed by atoms with Crippen LogP contribution in [0.25, 0.3) is 22.4 Å². The zero-order chi connectivity index (χ0) is 15.8. The maximum absolute atomic E-state index is 13.6. The standard InChI is InChI=1S/C16H11BrFN5/c17-12-4-14-15(5-13(12)18)22-16(21-14)11-3-10(6-20-7-11)8-23-2-1-19-9-23/h1-7,9H,8H2,(H,21,22). The van der Waals surface area contributed by atoms with Crippen LogP contribution in [0.3, 0.4) is 0 Å². The van der Waals surface area contributed by atoms with Gasteiger partial charge < -0.3 is 9.55 Å². The van der Waals surface area contributed by atoms with Crippen molar-refractivity contribution >= 4 is 27.0 Å². The fraction of sp³-hybridized carbons (Fsp3) is 0.0625. The maximum atomic E-state index is 13.6. The van der Waals surface area contributed by atoms with Crippen molar-refractivity contribution in [2.75, 3.05) is 0 Å². The minimum atomic E-state index is -0.320. The van der Waals surface area contributed by atoms with Crippen molar-refractivity contribution in [3.63, 3.8) is 0 Å². The van der Waals surface area contributed by atoms with Crippen LogP contribution in [0.1, 0.15) is 5.56 Å². The Kier molecular flexibility index (Phi) is 3.42. The minimum absolute atomic E-state index is 0.320. The number of nitrogens with one attached hydrogen (secondary N) is 1. The van der Waals surface area contributed by atoms with Gasteiger partial charge in [0.1, 0.15) is 11.6 Å². The summed E-state index contributed by atoms with van der Waals surface area (Å²) >= 11 is 3.18. The first-order valence-electron chi connectivity index (χ1n) is 6.94. The molecule has 5 nitrogen and oxygen atoms in total. The summed E-state index contributed by atoms with van der Waals surface area (Å²) in [5, 5.41) is 0. The Morgan fingerprint density at radius 1 is 1.17 bits per heavy atom. The predicted octanol–water partition coefficient (Wildman–Crippen LogP) is 3.77. The molecule has 1 aromatic carbocycles. The molecule has 0 unspecified atom stereocenters. The van der Waals surface area contributed by atoms with Crippen LogP contribution in [0.15, 0.2) is 53.8 Å². The van der Waals surface area contributed by atoms with Crippen LogP contribution in [0.2, 0.25) is 0 Å². The van der Waals surface area contributed by atoms with Crippen LogP contribution in [0.5, 0.6) is 0 Å². The highest BCUT2D eigenvalue weighted by Gasteiger charge is 2.10. The summed E-state index contributed by atoms with van der Waals surface area (Å²) in [7, 11) is 0. The average Bonchev–Trinajstić information content (AvgIpc) is 3.18. The molecule has 0 fully saturated rings. The number of halogens is 2. The van der Waals surface area contributed by atoms with Crippen molar-refractivity contribution in [2.24, 2.45) is 0 Å². The molecule has 0 saturated heterocycles. The number of rotatable bonds is 3. The molecule has 0 aliphatic heterocycles. The Bertz CT molecular complexity index is 938. The van der Waals surface area contributed by atoms with Crippen LogP contribution < -0.4 is 0 Å². The van der Waals surface area contributed by atoms with Gasteiger partial charge in [-0.3, -0.25) is 4.98 Å². The molecule has 1 N–H and O–H groups in total. The Morgan fingerprint density at radius 2 is 2.09 bits per heavy atom. The smallest absolute Gasteiger partial charge is 0.140 e. The van der Waals surface area contributed by atoms with E-state index in [0.717, 1.165) is 11.1 Å². The lowest BCUT2D eigenvalue weighted by Gasteiger charge is -2.03. The van der Waals surface area contributed by atoms with Crippen LogP contribution in [0, 0.1) is 5.82 Å². The van der Waals surface area contributed by atoms with E-state index in [1.54, 1.807) is 24.8 Å². The molecule has 0 aliphatic carbocycles. The number of hydrogen-bond donors (Lipinski definition) is 1. The number of nitrogens with zero attached hydrogens (tertiary/aromatic N) is 4. The molecule has 0 amide bonds. The van der Waals surface area contributed by atoms with Crippen LogP contribution in [-0.2, 0) is 6.54 Å². The molecule has 0 saturated carbocycles. The van der Waals surface area contributed by atoms with Gasteiger partial charge in [0.2, 0.25) is 0 Å². The number of H-pyrrole nitrogens is 1. The molecule has 4 aromatic rings. The first kappa shape index (κ1) is 14.1. The topological polar surface area (TPSA) is 59.4 Å². The molecular weight excluding hydrogens is 361 g/mol. The summed E-state index contributed by atoms with van der Waals surface area (Å²) in [6.45, 7) is 0.682. The summed E-state index contributed by atoms with van der Waals surface area (Å²) in [5.74, 6) is 0.345. The second-order valence-electron chi connectivity index (χ2n) is 5.19. The largest absolute Gasteiger partial charge is 0.338 e. The van der Waals surface area contributed by atoms with Crippen LogP contribution >= 0.6 is 15.9 Å². The summed E-state index contributed by atoms with van der Waals surface area (Å²) in [5.41, 5.74) is 3.25. The summed E-state index contributed by atoms with van der Waals surface area (Å²) < 4.78 is 16.0.